The van der Waals surface area contributed by atoms with E-state index in [1.54, 1.807) is 18.2 Å². The maximum atomic E-state index is 11.9. The first-order chi connectivity index (χ1) is 9.15. The molecule has 19 heavy (non-hydrogen) atoms. The number of halogens is 2. The number of nitrogens with one attached hydrogen (secondary N) is 1. The lowest BCUT2D eigenvalue weighted by atomic mass is 10.2. The topological polar surface area (TPSA) is 29.1 Å². The van der Waals surface area contributed by atoms with Crippen LogP contribution in [0.4, 0.5) is 0 Å². The number of hydrogen-bond donors (Lipinski definition) is 1. The van der Waals surface area contributed by atoms with Crippen LogP contribution in [0.1, 0.15) is 36.0 Å². The van der Waals surface area contributed by atoms with Crippen molar-refractivity contribution in [2.45, 2.75) is 25.7 Å². The predicted molar refractivity (Wildman–Crippen MR) is 88.3 cm³/mol. The third-order valence-electron chi connectivity index (χ3n) is 2.74. The average Bonchev–Trinajstić information content (AvgIpc) is 2.40. The summed E-state index contributed by atoms with van der Waals surface area (Å²) in [5, 5.41) is 3.48. The molecule has 0 aliphatic heterocycles. The minimum Gasteiger partial charge on any atom is -0.352 e. The van der Waals surface area contributed by atoms with E-state index in [1.807, 2.05) is 11.8 Å². The first kappa shape index (κ1) is 16.9. The Balaban J connectivity index is 2.22. The van der Waals surface area contributed by atoms with Gasteiger partial charge >= 0.3 is 0 Å². The molecule has 1 aromatic rings. The maximum absolute atomic E-state index is 11.9. The average molecular weight is 365 g/mol. The summed E-state index contributed by atoms with van der Waals surface area (Å²) in [4.78, 5) is 11.9. The van der Waals surface area contributed by atoms with Crippen molar-refractivity contribution in [3.63, 3.8) is 0 Å². The van der Waals surface area contributed by atoms with Gasteiger partial charge in [-0.05, 0) is 59.0 Å². The Bertz CT molecular complexity index is 414. The lowest BCUT2D eigenvalue weighted by molar-refractivity contribution is 0.0953. The first-order valence-electron chi connectivity index (χ1n) is 6.37. The molecule has 0 spiro atoms. The molecular weight excluding hydrogens is 346 g/mol. The van der Waals surface area contributed by atoms with Crippen molar-refractivity contribution < 1.29 is 4.79 Å². The highest BCUT2D eigenvalue weighted by atomic mass is 79.9. The van der Waals surface area contributed by atoms with Gasteiger partial charge in [0.15, 0.2) is 0 Å². The second kappa shape index (κ2) is 9.67. The summed E-state index contributed by atoms with van der Waals surface area (Å²) in [5.41, 5.74) is 0.607. The van der Waals surface area contributed by atoms with Crippen molar-refractivity contribution in [3.8, 4) is 0 Å². The van der Waals surface area contributed by atoms with Crippen LogP contribution in [0.25, 0.3) is 0 Å². The van der Waals surface area contributed by atoms with Crippen molar-refractivity contribution in [1.82, 2.24) is 5.32 Å². The largest absolute Gasteiger partial charge is 0.352 e. The van der Waals surface area contributed by atoms with Crippen LogP contribution in [0.3, 0.4) is 0 Å². The Kier molecular flexibility index (Phi) is 8.58. The standard InChI is InChI=1S/C14H19BrClNOS/c1-19-9-5-3-2-4-8-17-14(18)11-6-7-12(15)13(16)10-11/h6-7,10H,2-5,8-9H2,1H3,(H,17,18). The van der Waals surface area contributed by atoms with Gasteiger partial charge in [-0.2, -0.15) is 11.8 Å². The van der Waals surface area contributed by atoms with E-state index in [2.05, 4.69) is 27.5 Å². The molecule has 0 radical (unpaired) electrons. The summed E-state index contributed by atoms with van der Waals surface area (Å²) in [5.74, 6) is 1.17. The molecule has 0 saturated heterocycles. The van der Waals surface area contributed by atoms with E-state index in [0.29, 0.717) is 10.6 Å². The predicted octanol–water partition coefficient (Wildman–Crippen LogP) is 4.76. The summed E-state index contributed by atoms with van der Waals surface area (Å²) < 4.78 is 0.805. The molecule has 1 aromatic carbocycles. The van der Waals surface area contributed by atoms with Crippen LogP contribution in [-0.2, 0) is 0 Å². The van der Waals surface area contributed by atoms with Gasteiger partial charge in [0.05, 0.1) is 5.02 Å². The lowest BCUT2D eigenvalue weighted by Gasteiger charge is -2.06. The van der Waals surface area contributed by atoms with Crippen molar-refractivity contribution in [1.29, 1.82) is 0 Å². The molecule has 106 valence electrons. The van der Waals surface area contributed by atoms with Crippen LogP contribution >= 0.6 is 39.3 Å². The van der Waals surface area contributed by atoms with Gasteiger partial charge in [-0.25, -0.2) is 0 Å². The van der Waals surface area contributed by atoms with E-state index in [1.165, 1.54) is 25.0 Å². The molecule has 0 bridgehead atoms. The number of carbonyl (C=O) groups excluding carboxylic acids is 1. The SMILES string of the molecule is CSCCCCCCNC(=O)c1ccc(Br)c(Cl)c1. The van der Waals surface area contributed by atoms with E-state index in [0.717, 1.165) is 17.4 Å². The van der Waals surface area contributed by atoms with Gasteiger partial charge in [0.25, 0.3) is 5.91 Å². The number of rotatable bonds is 8. The second-order valence-electron chi connectivity index (χ2n) is 4.29. The number of hydrogen-bond acceptors (Lipinski definition) is 2. The zero-order valence-corrected chi connectivity index (χ0v) is 14.2. The molecule has 5 heteroatoms. The lowest BCUT2D eigenvalue weighted by Crippen LogP contribution is -2.24. The minimum absolute atomic E-state index is 0.0569. The minimum atomic E-state index is -0.0569. The molecule has 0 aliphatic carbocycles. The highest BCUT2D eigenvalue weighted by molar-refractivity contribution is 9.10. The Morgan fingerprint density at radius 2 is 2.05 bits per heavy atom. The van der Waals surface area contributed by atoms with Crippen LogP contribution in [0.2, 0.25) is 5.02 Å². The molecule has 0 unspecified atom stereocenters. The molecule has 1 amide bonds. The van der Waals surface area contributed by atoms with Gasteiger partial charge in [0, 0.05) is 16.6 Å². The molecule has 0 aromatic heterocycles. The molecule has 1 N–H and O–H groups in total. The Hall–Kier alpha value is -0.190. The quantitative estimate of drug-likeness (QED) is 0.674. The van der Waals surface area contributed by atoms with Crippen LogP contribution in [-0.4, -0.2) is 24.5 Å². The molecule has 0 atom stereocenters. The molecule has 0 aliphatic rings. The summed E-state index contributed by atoms with van der Waals surface area (Å²) in [6.07, 6.45) is 6.83. The van der Waals surface area contributed by atoms with Gasteiger partial charge in [0.2, 0.25) is 0 Å². The molecule has 1 rings (SSSR count). The van der Waals surface area contributed by atoms with Crippen molar-refractivity contribution in [2.24, 2.45) is 0 Å². The summed E-state index contributed by atoms with van der Waals surface area (Å²) >= 11 is 11.2. The van der Waals surface area contributed by atoms with Gasteiger partial charge in [-0.3, -0.25) is 4.79 Å². The summed E-state index contributed by atoms with van der Waals surface area (Å²) in [6, 6.07) is 5.24. The fourth-order valence-corrected chi connectivity index (χ4v) is 2.59. The normalized spacial score (nSPS) is 10.5. The van der Waals surface area contributed by atoms with Gasteiger partial charge < -0.3 is 5.32 Å². The van der Waals surface area contributed by atoms with E-state index >= 15 is 0 Å². The number of benzene rings is 1. The smallest absolute Gasteiger partial charge is 0.251 e. The highest BCUT2D eigenvalue weighted by Gasteiger charge is 2.06. The third-order valence-corrected chi connectivity index (χ3v) is 4.67. The van der Waals surface area contributed by atoms with E-state index in [-0.39, 0.29) is 5.91 Å². The van der Waals surface area contributed by atoms with Crippen LogP contribution in [0.5, 0.6) is 0 Å². The summed E-state index contributed by atoms with van der Waals surface area (Å²) in [6.45, 7) is 0.728. The van der Waals surface area contributed by atoms with Crippen LogP contribution in [0.15, 0.2) is 22.7 Å². The molecule has 0 fully saturated rings. The zero-order chi connectivity index (χ0) is 14.1. The number of carbonyl (C=O) groups is 1. The monoisotopic (exact) mass is 363 g/mol. The fourth-order valence-electron chi connectivity index (χ4n) is 1.67. The van der Waals surface area contributed by atoms with E-state index in [4.69, 9.17) is 11.6 Å². The second-order valence-corrected chi connectivity index (χ2v) is 6.54. The Morgan fingerprint density at radius 1 is 1.32 bits per heavy atom. The first-order valence-corrected chi connectivity index (χ1v) is 8.94. The van der Waals surface area contributed by atoms with Gasteiger partial charge in [-0.1, -0.05) is 24.4 Å². The third kappa shape index (κ3) is 6.68. The summed E-state index contributed by atoms with van der Waals surface area (Å²) in [7, 11) is 0. The van der Waals surface area contributed by atoms with E-state index < -0.39 is 0 Å². The zero-order valence-electron chi connectivity index (χ0n) is 11.0. The molecular formula is C14H19BrClNOS. The Morgan fingerprint density at radius 3 is 2.74 bits per heavy atom. The van der Waals surface area contributed by atoms with Crippen LogP contribution in [0, 0.1) is 0 Å². The number of unbranched alkanes of at least 4 members (excludes halogenated alkanes) is 3. The number of amides is 1. The molecule has 2 nitrogen and oxygen atoms in total. The van der Waals surface area contributed by atoms with E-state index in [9.17, 15) is 4.79 Å². The fraction of sp³-hybridized carbons (Fsp3) is 0.500. The molecule has 0 heterocycles. The van der Waals surface area contributed by atoms with Crippen LogP contribution < -0.4 is 5.32 Å². The van der Waals surface area contributed by atoms with Gasteiger partial charge in [-0.15, -0.1) is 0 Å². The van der Waals surface area contributed by atoms with Gasteiger partial charge in [0.1, 0.15) is 0 Å². The Labute approximate surface area is 132 Å². The van der Waals surface area contributed by atoms with Crippen molar-refractivity contribution in [2.75, 3.05) is 18.6 Å². The van der Waals surface area contributed by atoms with Crippen molar-refractivity contribution in [3.05, 3.63) is 33.3 Å². The van der Waals surface area contributed by atoms with Crippen molar-refractivity contribution >= 4 is 45.2 Å². The maximum Gasteiger partial charge on any atom is 0.251 e. The molecule has 0 saturated carbocycles. The highest BCUT2D eigenvalue weighted by Crippen LogP contribution is 2.23. The number of thioether (sulfide) groups is 1.